The molecule has 0 aliphatic carbocycles. The Morgan fingerprint density at radius 3 is 2.73 bits per heavy atom. The number of nitrogens with zero attached hydrogens (tertiary/aromatic N) is 1. The first-order chi connectivity index (χ1) is 10.5. The number of allylic oxidation sites excluding steroid dienone is 5. The molecule has 0 fully saturated rings. The molecular weight excluding hydrogens is 296 g/mol. The van der Waals surface area contributed by atoms with Gasteiger partial charge in [-0.05, 0) is 56.5 Å². The summed E-state index contributed by atoms with van der Waals surface area (Å²) in [4.78, 5) is 4.25. The van der Waals surface area contributed by atoms with Crippen LogP contribution in [0.3, 0.4) is 0 Å². The van der Waals surface area contributed by atoms with E-state index in [9.17, 15) is 0 Å². The Labute approximate surface area is 138 Å². The minimum atomic E-state index is 0.536. The van der Waals surface area contributed by atoms with Crippen molar-refractivity contribution < 1.29 is 4.74 Å². The van der Waals surface area contributed by atoms with Gasteiger partial charge >= 0.3 is 0 Å². The average molecular weight is 321 g/mol. The molecule has 0 atom stereocenters. The van der Waals surface area contributed by atoms with Crippen molar-refractivity contribution >= 4 is 17.2 Å². The topological polar surface area (TPSA) is 48.1 Å². The summed E-state index contributed by atoms with van der Waals surface area (Å²) in [7, 11) is 0. The lowest BCUT2D eigenvalue weighted by molar-refractivity contribution is 0.326. The van der Waals surface area contributed by atoms with Crippen LogP contribution in [0.25, 0.3) is 5.57 Å². The molecule has 2 N–H and O–H groups in total. The van der Waals surface area contributed by atoms with Crippen molar-refractivity contribution in [3.05, 3.63) is 52.3 Å². The number of ether oxygens (including phenoxy) is 1. The second-order valence-electron chi connectivity index (χ2n) is 5.05. The van der Waals surface area contributed by atoms with E-state index in [2.05, 4.69) is 18.0 Å². The highest BCUT2D eigenvalue weighted by Crippen LogP contribution is 2.26. The summed E-state index contributed by atoms with van der Waals surface area (Å²) in [5.41, 5.74) is 9.61. The first-order valence-electron chi connectivity index (χ1n) is 7.60. The third-order valence-electron chi connectivity index (χ3n) is 3.24. The fourth-order valence-electron chi connectivity index (χ4n) is 1.95. The Morgan fingerprint density at radius 1 is 1.36 bits per heavy atom. The summed E-state index contributed by atoms with van der Waals surface area (Å²) in [5, 5.41) is 0.536. The van der Waals surface area contributed by atoms with E-state index in [4.69, 9.17) is 22.1 Å². The SMILES string of the molecule is CCC/C=C(C)/C(N)=C(Cl)\C=C(/C)c1cccnc1OCC. The molecule has 0 saturated carbocycles. The van der Waals surface area contributed by atoms with E-state index in [1.54, 1.807) is 6.20 Å². The minimum Gasteiger partial charge on any atom is -0.478 e. The largest absolute Gasteiger partial charge is 0.478 e. The molecule has 0 unspecified atom stereocenters. The van der Waals surface area contributed by atoms with Gasteiger partial charge in [-0.2, -0.15) is 0 Å². The van der Waals surface area contributed by atoms with E-state index in [1.165, 1.54) is 0 Å². The van der Waals surface area contributed by atoms with Crippen LogP contribution in [0.1, 0.15) is 46.1 Å². The second-order valence-corrected chi connectivity index (χ2v) is 5.46. The number of hydrogen-bond donors (Lipinski definition) is 1. The lowest BCUT2D eigenvalue weighted by Gasteiger charge is -2.10. The van der Waals surface area contributed by atoms with Crippen LogP contribution >= 0.6 is 11.6 Å². The number of pyridine rings is 1. The lowest BCUT2D eigenvalue weighted by atomic mass is 10.1. The predicted molar refractivity (Wildman–Crippen MR) is 94.8 cm³/mol. The third kappa shape index (κ3) is 5.23. The molecule has 0 saturated heterocycles. The molecule has 0 bridgehead atoms. The van der Waals surface area contributed by atoms with E-state index >= 15 is 0 Å². The fourth-order valence-corrected chi connectivity index (χ4v) is 2.26. The molecule has 0 radical (unpaired) electrons. The van der Waals surface area contributed by atoms with Crippen molar-refractivity contribution in [1.29, 1.82) is 0 Å². The Morgan fingerprint density at radius 2 is 2.09 bits per heavy atom. The summed E-state index contributed by atoms with van der Waals surface area (Å²) in [6, 6.07) is 3.84. The number of rotatable bonds is 7. The standard InChI is InChI=1S/C18H25ClN2O/c1-5-7-9-13(3)17(20)16(19)12-14(4)15-10-8-11-21-18(15)22-6-2/h8-12H,5-7,20H2,1-4H3/b13-9+,14-12+,17-16-. The van der Waals surface area contributed by atoms with E-state index in [1.807, 2.05) is 39.0 Å². The van der Waals surface area contributed by atoms with Gasteiger partial charge in [0.2, 0.25) is 5.88 Å². The summed E-state index contributed by atoms with van der Waals surface area (Å²) in [6.07, 6.45) is 7.77. The van der Waals surface area contributed by atoms with Crippen molar-refractivity contribution in [2.75, 3.05) is 6.61 Å². The molecule has 1 aromatic heterocycles. The molecule has 0 aliphatic heterocycles. The fraction of sp³-hybridized carbons (Fsp3) is 0.389. The van der Waals surface area contributed by atoms with Crippen LogP contribution in [0.5, 0.6) is 5.88 Å². The monoisotopic (exact) mass is 320 g/mol. The van der Waals surface area contributed by atoms with Crippen LogP contribution in [0.15, 0.2) is 46.8 Å². The third-order valence-corrected chi connectivity index (χ3v) is 3.55. The highest BCUT2D eigenvalue weighted by Gasteiger charge is 2.08. The minimum absolute atomic E-state index is 0.536. The molecule has 0 spiro atoms. The van der Waals surface area contributed by atoms with Gasteiger partial charge in [-0.15, -0.1) is 0 Å². The molecule has 120 valence electrons. The van der Waals surface area contributed by atoms with Gasteiger partial charge in [0.15, 0.2) is 0 Å². The van der Waals surface area contributed by atoms with Crippen LogP contribution in [-0.4, -0.2) is 11.6 Å². The Balaban J connectivity index is 3.11. The van der Waals surface area contributed by atoms with E-state index in [0.29, 0.717) is 23.2 Å². The highest BCUT2D eigenvalue weighted by atomic mass is 35.5. The average Bonchev–Trinajstić information content (AvgIpc) is 2.52. The smallest absolute Gasteiger partial charge is 0.220 e. The van der Waals surface area contributed by atoms with Gasteiger partial charge in [0, 0.05) is 11.8 Å². The van der Waals surface area contributed by atoms with Crippen LogP contribution in [-0.2, 0) is 0 Å². The Kier molecular flexibility index (Phi) is 7.75. The van der Waals surface area contributed by atoms with E-state index in [0.717, 1.165) is 29.6 Å². The van der Waals surface area contributed by atoms with Gasteiger partial charge in [-0.1, -0.05) is 31.0 Å². The Hall–Kier alpha value is -1.74. The molecule has 1 rings (SSSR count). The maximum absolute atomic E-state index is 6.36. The van der Waals surface area contributed by atoms with Crippen molar-refractivity contribution in [1.82, 2.24) is 4.98 Å². The Bertz CT molecular complexity index is 589. The predicted octanol–water partition coefficient (Wildman–Crippen LogP) is 5.04. The lowest BCUT2D eigenvalue weighted by Crippen LogP contribution is -2.01. The maximum Gasteiger partial charge on any atom is 0.220 e. The van der Waals surface area contributed by atoms with Crippen molar-refractivity contribution in [2.24, 2.45) is 5.73 Å². The summed E-state index contributed by atoms with van der Waals surface area (Å²) in [5.74, 6) is 0.611. The summed E-state index contributed by atoms with van der Waals surface area (Å²) in [6.45, 7) is 8.59. The van der Waals surface area contributed by atoms with Gasteiger partial charge in [0.1, 0.15) is 0 Å². The van der Waals surface area contributed by atoms with Crippen LogP contribution in [0.4, 0.5) is 0 Å². The van der Waals surface area contributed by atoms with Gasteiger partial charge in [-0.3, -0.25) is 0 Å². The molecule has 22 heavy (non-hydrogen) atoms. The van der Waals surface area contributed by atoms with Crippen molar-refractivity contribution in [3.63, 3.8) is 0 Å². The zero-order valence-corrected chi connectivity index (χ0v) is 14.6. The molecule has 4 heteroatoms. The molecule has 0 aromatic carbocycles. The molecule has 1 heterocycles. The zero-order valence-electron chi connectivity index (χ0n) is 13.8. The second kappa shape index (κ2) is 9.31. The molecule has 0 aliphatic rings. The first-order valence-corrected chi connectivity index (χ1v) is 7.97. The van der Waals surface area contributed by atoms with Crippen molar-refractivity contribution in [2.45, 2.75) is 40.5 Å². The molecule has 3 nitrogen and oxygen atoms in total. The number of aromatic nitrogens is 1. The molecule has 0 amide bonds. The van der Waals surface area contributed by atoms with E-state index < -0.39 is 0 Å². The van der Waals surface area contributed by atoms with Crippen LogP contribution in [0.2, 0.25) is 0 Å². The quantitative estimate of drug-likeness (QED) is 0.716. The maximum atomic E-state index is 6.36. The number of hydrogen-bond acceptors (Lipinski definition) is 3. The van der Waals surface area contributed by atoms with Crippen molar-refractivity contribution in [3.8, 4) is 5.88 Å². The normalized spacial score (nSPS) is 13.9. The van der Waals surface area contributed by atoms with Gasteiger partial charge in [0.25, 0.3) is 0 Å². The van der Waals surface area contributed by atoms with E-state index in [-0.39, 0.29) is 0 Å². The molecule has 1 aromatic rings. The summed E-state index contributed by atoms with van der Waals surface area (Å²) < 4.78 is 5.55. The number of halogens is 1. The zero-order chi connectivity index (χ0) is 16.5. The van der Waals surface area contributed by atoms with Crippen LogP contribution in [0, 0.1) is 0 Å². The number of unbranched alkanes of at least 4 members (excludes halogenated alkanes) is 1. The van der Waals surface area contributed by atoms with Crippen LogP contribution < -0.4 is 10.5 Å². The van der Waals surface area contributed by atoms with Gasteiger partial charge in [0.05, 0.1) is 17.3 Å². The summed E-state index contributed by atoms with van der Waals surface area (Å²) >= 11 is 6.36. The van der Waals surface area contributed by atoms with Gasteiger partial charge in [-0.25, -0.2) is 4.98 Å². The first kappa shape index (κ1) is 18.3. The molecular formula is C18H25ClN2O. The number of nitrogens with two attached hydrogens (primary N) is 1. The highest BCUT2D eigenvalue weighted by molar-refractivity contribution is 6.32. The van der Waals surface area contributed by atoms with Gasteiger partial charge < -0.3 is 10.5 Å².